The molecule has 0 saturated carbocycles. The first-order valence-electron chi connectivity index (χ1n) is 7.88. The summed E-state index contributed by atoms with van der Waals surface area (Å²) in [4.78, 5) is 16.5. The Morgan fingerprint density at radius 3 is 2.72 bits per heavy atom. The number of carbonyl (C=O) groups excluding carboxylic acids is 1. The highest BCUT2D eigenvalue weighted by molar-refractivity contribution is 6.01. The first-order chi connectivity index (χ1) is 12.2. The van der Waals surface area contributed by atoms with Gasteiger partial charge in [-0.1, -0.05) is 12.1 Å². The fourth-order valence-electron chi connectivity index (χ4n) is 2.71. The number of pyridine rings is 1. The normalized spacial score (nSPS) is 10.7. The predicted molar refractivity (Wildman–Crippen MR) is 92.1 cm³/mol. The van der Waals surface area contributed by atoms with Crippen molar-refractivity contribution in [3.8, 4) is 11.5 Å². The number of para-hydroxylation sites is 1. The van der Waals surface area contributed by atoms with Gasteiger partial charge in [0.2, 0.25) is 0 Å². The van der Waals surface area contributed by atoms with Gasteiger partial charge in [0.05, 0.1) is 32.8 Å². The topological polar surface area (TPSA) is 75.5 Å². The molecule has 25 heavy (non-hydrogen) atoms. The van der Waals surface area contributed by atoms with Crippen LogP contribution in [0.25, 0.3) is 11.0 Å². The highest BCUT2D eigenvalue weighted by atomic mass is 16.5. The lowest BCUT2D eigenvalue weighted by molar-refractivity contribution is 0.0520. The van der Waals surface area contributed by atoms with Crippen LogP contribution in [0.15, 0.2) is 36.5 Å². The van der Waals surface area contributed by atoms with Gasteiger partial charge >= 0.3 is 5.97 Å². The Balaban J connectivity index is 2.07. The van der Waals surface area contributed by atoms with E-state index in [0.717, 1.165) is 5.56 Å². The maximum atomic E-state index is 12.2. The van der Waals surface area contributed by atoms with Crippen LogP contribution in [0.4, 0.5) is 0 Å². The van der Waals surface area contributed by atoms with Crippen LogP contribution in [0.1, 0.15) is 23.0 Å². The number of rotatable bonds is 6. The molecular formula is C18H19N3O4. The van der Waals surface area contributed by atoms with Crippen molar-refractivity contribution in [2.24, 2.45) is 0 Å². The molecule has 3 aromatic rings. The first kappa shape index (κ1) is 16.8. The Morgan fingerprint density at radius 2 is 2.00 bits per heavy atom. The Bertz CT molecular complexity index is 904. The van der Waals surface area contributed by atoms with E-state index in [0.29, 0.717) is 29.1 Å². The van der Waals surface area contributed by atoms with Gasteiger partial charge in [-0.25, -0.2) is 14.5 Å². The van der Waals surface area contributed by atoms with Gasteiger partial charge in [0.15, 0.2) is 22.8 Å². The molecule has 7 heteroatoms. The summed E-state index contributed by atoms with van der Waals surface area (Å²) in [5.74, 6) is 0.800. The lowest BCUT2D eigenvalue weighted by Crippen LogP contribution is -2.09. The number of hydrogen-bond donors (Lipinski definition) is 0. The summed E-state index contributed by atoms with van der Waals surface area (Å²) in [5.41, 5.74) is 1.73. The van der Waals surface area contributed by atoms with E-state index in [9.17, 15) is 4.79 Å². The molecule has 0 bridgehead atoms. The number of fused-ring (bicyclic) bond motifs is 1. The van der Waals surface area contributed by atoms with Gasteiger partial charge in [0.1, 0.15) is 0 Å². The Morgan fingerprint density at radius 1 is 1.16 bits per heavy atom. The highest BCUT2D eigenvalue weighted by Crippen LogP contribution is 2.31. The number of carbonyl (C=O) groups is 1. The zero-order chi connectivity index (χ0) is 17.8. The van der Waals surface area contributed by atoms with Crippen LogP contribution in [0.2, 0.25) is 0 Å². The van der Waals surface area contributed by atoms with E-state index in [4.69, 9.17) is 14.2 Å². The average Bonchev–Trinajstić information content (AvgIpc) is 3.00. The Kier molecular flexibility index (Phi) is 4.83. The van der Waals surface area contributed by atoms with Crippen LogP contribution in [0, 0.1) is 0 Å². The lowest BCUT2D eigenvalue weighted by Gasteiger charge is -2.12. The van der Waals surface area contributed by atoms with Crippen LogP contribution < -0.4 is 9.47 Å². The molecule has 0 unspecified atom stereocenters. The molecule has 2 aromatic heterocycles. The van der Waals surface area contributed by atoms with Crippen molar-refractivity contribution < 1.29 is 19.0 Å². The molecule has 0 fully saturated rings. The van der Waals surface area contributed by atoms with Crippen molar-refractivity contribution in [2.75, 3.05) is 20.8 Å². The number of ether oxygens (including phenoxy) is 3. The van der Waals surface area contributed by atoms with Gasteiger partial charge in [-0.3, -0.25) is 0 Å². The van der Waals surface area contributed by atoms with Crippen molar-refractivity contribution in [1.29, 1.82) is 0 Å². The number of nitrogens with zero attached hydrogens (tertiary/aromatic N) is 3. The summed E-state index contributed by atoms with van der Waals surface area (Å²) in [6.07, 6.45) is 1.66. The van der Waals surface area contributed by atoms with Crippen molar-refractivity contribution >= 4 is 17.0 Å². The predicted octanol–water partition coefficient (Wildman–Crippen LogP) is 2.67. The van der Waals surface area contributed by atoms with E-state index in [2.05, 4.69) is 10.1 Å². The standard InChI is InChI=1S/C18H19N3O4/c1-4-25-18(22)15-13-8-6-10-19-17(13)21(20-15)11-12-7-5-9-14(23-2)16(12)24-3/h5-10H,4,11H2,1-3H3. The second-order valence-corrected chi connectivity index (χ2v) is 5.25. The summed E-state index contributed by atoms with van der Waals surface area (Å²) in [7, 11) is 3.18. The molecule has 0 aliphatic rings. The molecule has 0 N–H and O–H groups in total. The number of methoxy groups -OCH3 is 2. The zero-order valence-corrected chi connectivity index (χ0v) is 14.4. The van der Waals surface area contributed by atoms with Crippen LogP contribution in [-0.4, -0.2) is 41.6 Å². The molecular weight excluding hydrogens is 322 g/mol. The third-order valence-corrected chi connectivity index (χ3v) is 3.78. The summed E-state index contributed by atoms with van der Waals surface area (Å²) in [6, 6.07) is 9.19. The third kappa shape index (κ3) is 3.13. The van der Waals surface area contributed by atoms with Gasteiger partial charge in [-0.15, -0.1) is 0 Å². The molecule has 0 aliphatic carbocycles. The van der Waals surface area contributed by atoms with Gasteiger partial charge in [-0.05, 0) is 25.1 Å². The summed E-state index contributed by atoms with van der Waals surface area (Å²) < 4.78 is 17.6. The molecule has 0 atom stereocenters. The molecule has 0 amide bonds. The summed E-state index contributed by atoms with van der Waals surface area (Å²) in [5, 5.41) is 5.07. The zero-order valence-electron chi connectivity index (χ0n) is 14.4. The van der Waals surface area contributed by atoms with E-state index < -0.39 is 5.97 Å². The monoisotopic (exact) mass is 341 g/mol. The highest BCUT2D eigenvalue weighted by Gasteiger charge is 2.20. The minimum absolute atomic E-state index is 0.256. The number of aromatic nitrogens is 3. The minimum atomic E-state index is -0.461. The smallest absolute Gasteiger partial charge is 0.359 e. The molecule has 2 heterocycles. The molecule has 0 aliphatic heterocycles. The van der Waals surface area contributed by atoms with Gasteiger partial charge in [0.25, 0.3) is 0 Å². The molecule has 0 radical (unpaired) electrons. The fourth-order valence-corrected chi connectivity index (χ4v) is 2.71. The summed E-state index contributed by atoms with van der Waals surface area (Å²) in [6.45, 7) is 2.43. The number of benzene rings is 1. The van der Waals surface area contributed by atoms with Crippen molar-refractivity contribution in [2.45, 2.75) is 13.5 Å². The molecule has 3 rings (SSSR count). The number of hydrogen-bond acceptors (Lipinski definition) is 6. The number of esters is 1. The molecule has 1 aromatic carbocycles. The second-order valence-electron chi connectivity index (χ2n) is 5.25. The van der Waals surface area contributed by atoms with Crippen molar-refractivity contribution in [1.82, 2.24) is 14.8 Å². The Labute approximate surface area is 145 Å². The van der Waals surface area contributed by atoms with E-state index in [1.165, 1.54) is 0 Å². The van der Waals surface area contributed by atoms with Gasteiger partial charge < -0.3 is 14.2 Å². The lowest BCUT2D eigenvalue weighted by atomic mass is 10.2. The van der Waals surface area contributed by atoms with Crippen LogP contribution in [-0.2, 0) is 11.3 Å². The first-order valence-corrected chi connectivity index (χ1v) is 7.88. The molecule has 7 nitrogen and oxygen atoms in total. The quantitative estimate of drug-likeness (QED) is 0.642. The van der Waals surface area contributed by atoms with E-state index >= 15 is 0 Å². The molecule has 0 saturated heterocycles. The van der Waals surface area contributed by atoms with Gasteiger partial charge in [-0.2, -0.15) is 5.10 Å². The minimum Gasteiger partial charge on any atom is -0.493 e. The van der Waals surface area contributed by atoms with Gasteiger partial charge in [0, 0.05) is 11.8 Å². The maximum Gasteiger partial charge on any atom is 0.359 e. The van der Waals surface area contributed by atoms with Crippen molar-refractivity contribution in [3.63, 3.8) is 0 Å². The average molecular weight is 341 g/mol. The van der Waals surface area contributed by atoms with Crippen molar-refractivity contribution in [3.05, 3.63) is 47.8 Å². The third-order valence-electron chi connectivity index (χ3n) is 3.78. The van der Waals surface area contributed by atoms with E-state index in [1.807, 2.05) is 18.2 Å². The summed E-state index contributed by atoms with van der Waals surface area (Å²) >= 11 is 0. The van der Waals surface area contributed by atoms with Crippen LogP contribution in [0.3, 0.4) is 0 Å². The van der Waals surface area contributed by atoms with Crippen LogP contribution in [0.5, 0.6) is 11.5 Å². The van der Waals surface area contributed by atoms with E-state index in [1.54, 1.807) is 44.2 Å². The largest absolute Gasteiger partial charge is 0.493 e. The van der Waals surface area contributed by atoms with E-state index in [-0.39, 0.29) is 12.3 Å². The maximum absolute atomic E-state index is 12.2. The van der Waals surface area contributed by atoms with Crippen LogP contribution >= 0.6 is 0 Å². The molecule has 0 spiro atoms. The second kappa shape index (κ2) is 7.21. The fraction of sp³-hybridized carbons (Fsp3) is 0.278. The SMILES string of the molecule is CCOC(=O)c1nn(Cc2cccc(OC)c2OC)c2ncccc12. The molecule has 130 valence electrons. The Hall–Kier alpha value is -3.09.